The third-order valence-electron chi connectivity index (χ3n) is 3.84. The lowest BCUT2D eigenvalue weighted by Crippen LogP contribution is -2.42. The van der Waals surface area contributed by atoms with E-state index >= 15 is 0 Å². The summed E-state index contributed by atoms with van der Waals surface area (Å²) in [6.45, 7) is 8.26. The van der Waals surface area contributed by atoms with Crippen LogP contribution in [-0.2, 0) is 4.74 Å². The summed E-state index contributed by atoms with van der Waals surface area (Å²) in [5.41, 5.74) is 3.83. The van der Waals surface area contributed by atoms with E-state index in [0.29, 0.717) is 5.11 Å². The number of hydrogen-bond donors (Lipinski definition) is 2. The molecule has 0 aliphatic carbocycles. The number of benzene rings is 1. The van der Waals surface area contributed by atoms with Gasteiger partial charge in [-0.1, -0.05) is 13.3 Å². The summed E-state index contributed by atoms with van der Waals surface area (Å²) in [6.07, 6.45) is 3.95. The summed E-state index contributed by atoms with van der Waals surface area (Å²) in [6, 6.07) is 7.86. The molecule has 1 aliphatic rings. The van der Waals surface area contributed by atoms with E-state index in [1.54, 1.807) is 6.21 Å². The number of ether oxygens (including phenoxy) is 2. The quantitative estimate of drug-likeness (QED) is 0.302. The third-order valence-corrected chi connectivity index (χ3v) is 4.08. The largest absolute Gasteiger partial charge is 0.494 e. The van der Waals surface area contributed by atoms with Gasteiger partial charge in [-0.2, -0.15) is 5.10 Å². The summed E-state index contributed by atoms with van der Waals surface area (Å²) in [7, 11) is 0. The smallest absolute Gasteiger partial charge is 0.187 e. The summed E-state index contributed by atoms with van der Waals surface area (Å²) in [5, 5.41) is 7.85. The zero-order valence-corrected chi connectivity index (χ0v) is 15.7. The highest BCUT2D eigenvalue weighted by Gasteiger charge is 2.09. The molecule has 0 aromatic heterocycles. The van der Waals surface area contributed by atoms with Gasteiger partial charge in [-0.3, -0.25) is 10.3 Å². The Morgan fingerprint density at radius 3 is 2.80 bits per heavy atom. The van der Waals surface area contributed by atoms with E-state index in [1.165, 1.54) is 0 Å². The molecule has 0 saturated carbocycles. The van der Waals surface area contributed by atoms with Crippen LogP contribution in [-0.4, -0.2) is 62.2 Å². The van der Waals surface area contributed by atoms with Crippen molar-refractivity contribution >= 4 is 23.5 Å². The zero-order chi connectivity index (χ0) is 17.7. The molecule has 7 heteroatoms. The van der Waals surface area contributed by atoms with E-state index in [1.807, 2.05) is 24.3 Å². The minimum absolute atomic E-state index is 0.532. The van der Waals surface area contributed by atoms with Crippen LogP contribution in [0.5, 0.6) is 5.75 Å². The molecular formula is C18H28N4O2S. The Labute approximate surface area is 155 Å². The van der Waals surface area contributed by atoms with E-state index < -0.39 is 0 Å². The van der Waals surface area contributed by atoms with Gasteiger partial charge >= 0.3 is 0 Å². The number of nitrogens with one attached hydrogen (secondary N) is 2. The molecule has 1 saturated heterocycles. The van der Waals surface area contributed by atoms with Crippen LogP contribution >= 0.6 is 12.2 Å². The fourth-order valence-electron chi connectivity index (χ4n) is 2.34. The molecule has 0 atom stereocenters. The lowest BCUT2D eigenvalue weighted by molar-refractivity contribution is 0.0389. The topological polar surface area (TPSA) is 58.1 Å². The van der Waals surface area contributed by atoms with Crippen molar-refractivity contribution in [1.82, 2.24) is 15.6 Å². The Hall–Kier alpha value is -1.70. The van der Waals surface area contributed by atoms with Crippen molar-refractivity contribution < 1.29 is 9.47 Å². The van der Waals surface area contributed by atoms with Crippen molar-refractivity contribution in [3.63, 3.8) is 0 Å². The Balaban J connectivity index is 1.61. The number of nitrogens with zero attached hydrogens (tertiary/aromatic N) is 2. The van der Waals surface area contributed by atoms with Crippen molar-refractivity contribution in [2.45, 2.75) is 19.8 Å². The second kappa shape index (κ2) is 11.8. The minimum atomic E-state index is 0.532. The summed E-state index contributed by atoms with van der Waals surface area (Å²) in [5.74, 6) is 0.888. The second-order valence-electron chi connectivity index (χ2n) is 5.85. The maximum Gasteiger partial charge on any atom is 0.187 e. The predicted octanol–water partition coefficient (Wildman–Crippen LogP) is 2.00. The molecule has 0 unspecified atom stereocenters. The Morgan fingerprint density at radius 2 is 2.08 bits per heavy atom. The van der Waals surface area contributed by atoms with E-state index in [9.17, 15) is 0 Å². The van der Waals surface area contributed by atoms with Gasteiger partial charge in [0.25, 0.3) is 0 Å². The summed E-state index contributed by atoms with van der Waals surface area (Å²) in [4.78, 5) is 2.35. The van der Waals surface area contributed by atoms with Crippen LogP contribution in [0.4, 0.5) is 0 Å². The average Bonchev–Trinajstić information content (AvgIpc) is 2.64. The molecule has 1 heterocycles. The molecule has 2 N–H and O–H groups in total. The first-order valence-electron chi connectivity index (χ1n) is 8.88. The summed E-state index contributed by atoms with van der Waals surface area (Å²) < 4.78 is 11.0. The molecule has 0 radical (unpaired) electrons. The van der Waals surface area contributed by atoms with Gasteiger partial charge < -0.3 is 14.8 Å². The average molecular weight is 365 g/mol. The van der Waals surface area contributed by atoms with Crippen LogP contribution in [0.25, 0.3) is 0 Å². The third kappa shape index (κ3) is 8.29. The normalized spacial score (nSPS) is 15.2. The Morgan fingerprint density at radius 1 is 1.32 bits per heavy atom. The van der Waals surface area contributed by atoms with Gasteiger partial charge in [0.15, 0.2) is 5.11 Å². The SMILES string of the molecule is CCCCOc1ccc(/C=N\NC(=S)NCCN2CCOCC2)cc1. The summed E-state index contributed by atoms with van der Waals surface area (Å²) >= 11 is 5.22. The van der Waals surface area contributed by atoms with Crippen molar-refractivity contribution in [1.29, 1.82) is 0 Å². The maximum atomic E-state index is 5.64. The van der Waals surface area contributed by atoms with Crippen LogP contribution in [0, 0.1) is 0 Å². The van der Waals surface area contributed by atoms with Gasteiger partial charge in [0.2, 0.25) is 0 Å². The number of hydrogen-bond acceptors (Lipinski definition) is 5. The molecule has 1 aromatic rings. The van der Waals surface area contributed by atoms with E-state index in [0.717, 1.165) is 70.2 Å². The molecular weight excluding hydrogens is 336 g/mol. The molecule has 0 spiro atoms. The predicted molar refractivity (Wildman–Crippen MR) is 105 cm³/mol. The van der Waals surface area contributed by atoms with Crippen LogP contribution in [0.3, 0.4) is 0 Å². The fourth-order valence-corrected chi connectivity index (χ4v) is 2.50. The van der Waals surface area contributed by atoms with Crippen LogP contribution < -0.4 is 15.5 Å². The Kier molecular flexibility index (Phi) is 9.25. The van der Waals surface area contributed by atoms with Crippen LogP contribution in [0.2, 0.25) is 0 Å². The van der Waals surface area contributed by atoms with Gasteiger partial charge in [0.05, 0.1) is 26.0 Å². The molecule has 1 aliphatic heterocycles. The van der Waals surface area contributed by atoms with Crippen molar-refractivity contribution in [2.75, 3.05) is 46.0 Å². The first-order valence-corrected chi connectivity index (χ1v) is 9.28. The number of rotatable bonds is 9. The number of thiocarbonyl (C=S) groups is 1. The van der Waals surface area contributed by atoms with Crippen molar-refractivity contribution in [3.05, 3.63) is 29.8 Å². The van der Waals surface area contributed by atoms with Gasteiger partial charge in [-0.05, 0) is 48.5 Å². The Bertz CT molecular complexity index is 530. The zero-order valence-electron chi connectivity index (χ0n) is 14.9. The highest BCUT2D eigenvalue weighted by molar-refractivity contribution is 7.80. The first kappa shape index (κ1) is 19.6. The first-order chi connectivity index (χ1) is 12.3. The molecule has 6 nitrogen and oxygen atoms in total. The number of unbranched alkanes of at least 4 members (excludes halogenated alkanes) is 1. The van der Waals surface area contributed by atoms with Crippen molar-refractivity contribution in [3.8, 4) is 5.75 Å². The molecule has 138 valence electrons. The van der Waals surface area contributed by atoms with Gasteiger partial charge in [-0.15, -0.1) is 0 Å². The molecule has 0 amide bonds. The fraction of sp³-hybridized carbons (Fsp3) is 0.556. The van der Waals surface area contributed by atoms with Gasteiger partial charge in [0, 0.05) is 26.2 Å². The van der Waals surface area contributed by atoms with E-state index in [4.69, 9.17) is 21.7 Å². The van der Waals surface area contributed by atoms with Crippen LogP contribution in [0.1, 0.15) is 25.3 Å². The van der Waals surface area contributed by atoms with Gasteiger partial charge in [-0.25, -0.2) is 0 Å². The van der Waals surface area contributed by atoms with E-state index in [-0.39, 0.29) is 0 Å². The lowest BCUT2D eigenvalue weighted by Gasteiger charge is -2.26. The highest BCUT2D eigenvalue weighted by atomic mass is 32.1. The standard InChI is InChI=1S/C18H28N4O2S/c1-2-3-12-24-17-6-4-16(5-7-17)15-20-21-18(25)19-8-9-22-10-13-23-14-11-22/h4-7,15H,2-3,8-14H2,1H3,(H2,19,21,25)/b20-15-. The second-order valence-corrected chi connectivity index (χ2v) is 6.26. The molecule has 25 heavy (non-hydrogen) atoms. The van der Waals surface area contributed by atoms with E-state index in [2.05, 4.69) is 27.7 Å². The molecule has 0 bridgehead atoms. The highest BCUT2D eigenvalue weighted by Crippen LogP contribution is 2.11. The van der Waals surface area contributed by atoms with Crippen molar-refractivity contribution in [2.24, 2.45) is 5.10 Å². The molecule has 1 aromatic carbocycles. The lowest BCUT2D eigenvalue weighted by atomic mass is 10.2. The molecule has 2 rings (SSSR count). The number of morpholine rings is 1. The number of hydrazone groups is 1. The monoisotopic (exact) mass is 364 g/mol. The van der Waals surface area contributed by atoms with Gasteiger partial charge in [0.1, 0.15) is 5.75 Å². The minimum Gasteiger partial charge on any atom is -0.494 e. The van der Waals surface area contributed by atoms with Crippen LogP contribution in [0.15, 0.2) is 29.4 Å². The maximum absolute atomic E-state index is 5.64. The molecule has 1 fully saturated rings.